The van der Waals surface area contributed by atoms with E-state index in [1.54, 1.807) is 11.3 Å². The van der Waals surface area contributed by atoms with E-state index in [0.717, 1.165) is 27.4 Å². The van der Waals surface area contributed by atoms with Crippen LogP contribution in [0.2, 0.25) is 0 Å². The van der Waals surface area contributed by atoms with Gasteiger partial charge in [0.25, 0.3) is 0 Å². The number of carbonyl (C=O) groups is 1. The van der Waals surface area contributed by atoms with Crippen LogP contribution in [0.4, 0.5) is 0 Å². The summed E-state index contributed by atoms with van der Waals surface area (Å²) in [7, 11) is 0. The molecule has 0 atom stereocenters. The molecule has 1 N–H and O–H groups in total. The van der Waals surface area contributed by atoms with Gasteiger partial charge in [0.1, 0.15) is 0 Å². The lowest BCUT2D eigenvalue weighted by Gasteiger charge is -2.05. The zero-order chi connectivity index (χ0) is 22.5. The predicted octanol–water partition coefficient (Wildman–Crippen LogP) is 4.90. The molecule has 0 saturated heterocycles. The number of amides is 1. The van der Waals surface area contributed by atoms with Gasteiger partial charge in [-0.15, -0.1) is 11.3 Å². The highest BCUT2D eigenvalue weighted by atomic mass is 32.1. The number of benzene rings is 2. The molecule has 164 valence electrons. The van der Waals surface area contributed by atoms with Crippen LogP contribution in [0.3, 0.4) is 0 Å². The van der Waals surface area contributed by atoms with E-state index in [9.17, 15) is 4.79 Å². The van der Waals surface area contributed by atoms with Gasteiger partial charge >= 0.3 is 0 Å². The molecule has 0 unspecified atom stereocenters. The number of hydrogen-bond donors (Lipinski definition) is 1. The van der Waals surface area contributed by atoms with Crippen LogP contribution in [0.25, 0.3) is 27.6 Å². The van der Waals surface area contributed by atoms with Crippen LogP contribution in [0.1, 0.15) is 17.9 Å². The van der Waals surface area contributed by atoms with Gasteiger partial charge in [0.2, 0.25) is 17.6 Å². The topological polar surface area (TPSA) is 85.8 Å². The van der Waals surface area contributed by atoms with E-state index in [1.807, 2.05) is 89.1 Å². The summed E-state index contributed by atoms with van der Waals surface area (Å²) in [4.78, 5) is 17.8. The van der Waals surface area contributed by atoms with Crippen molar-refractivity contribution in [1.29, 1.82) is 0 Å². The summed E-state index contributed by atoms with van der Waals surface area (Å²) in [6.45, 7) is 0.375. The molecule has 2 aromatic carbocycles. The van der Waals surface area contributed by atoms with Crippen LogP contribution in [-0.2, 0) is 17.8 Å². The van der Waals surface area contributed by atoms with Crippen LogP contribution in [-0.4, -0.2) is 25.8 Å². The minimum Gasteiger partial charge on any atom is -0.352 e. The molecular formula is C25H21N5O2S. The Labute approximate surface area is 194 Å². The van der Waals surface area contributed by atoms with Crippen molar-refractivity contribution in [1.82, 2.24) is 25.2 Å². The third-order valence-electron chi connectivity index (χ3n) is 5.11. The van der Waals surface area contributed by atoms with Gasteiger partial charge in [0.05, 0.1) is 16.3 Å². The molecular weight excluding hydrogens is 434 g/mol. The Hall–Kier alpha value is -4.04. The summed E-state index contributed by atoms with van der Waals surface area (Å²) in [5, 5.41) is 13.7. The van der Waals surface area contributed by atoms with Crippen LogP contribution in [0.5, 0.6) is 0 Å². The minimum absolute atomic E-state index is 0.0858. The molecule has 1 amide bonds. The Bertz CT molecular complexity index is 1330. The first-order valence-electron chi connectivity index (χ1n) is 10.6. The van der Waals surface area contributed by atoms with Gasteiger partial charge in [-0.05, 0) is 23.6 Å². The fourth-order valence-electron chi connectivity index (χ4n) is 3.46. The second kappa shape index (κ2) is 9.62. The Morgan fingerprint density at radius 1 is 1.00 bits per heavy atom. The second-order valence-corrected chi connectivity index (χ2v) is 8.36. The lowest BCUT2D eigenvalue weighted by Crippen LogP contribution is -2.23. The van der Waals surface area contributed by atoms with E-state index in [1.165, 1.54) is 0 Å². The first-order chi connectivity index (χ1) is 16.3. The average molecular weight is 456 g/mol. The van der Waals surface area contributed by atoms with Gasteiger partial charge in [-0.1, -0.05) is 59.8 Å². The van der Waals surface area contributed by atoms with Crippen molar-refractivity contribution in [3.63, 3.8) is 0 Å². The van der Waals surface area contributed by atoms with E-state index in [-0.39, 0.29) is 12.3 Å². The average Bonchev–Trinajstić information content (AvgIpc) is 3.63. The van der Waals surface area contributed by atoms with Crippen LogP contribution in [0, 0.1) is 0 Å². The predicted molar refractivity (Wildman–Crippen MR) is 127 cm³/mol. The Morgan fingerprint density at radius 3 is 2.55 bits per heavy atom. The Kier molecular flexibility index (Phi) is 6.08. The van der Waals surface area contributed by atoms with E-state index in [2.05, 4.69) is 15.5 Å². The third kappa shape index (κ3) is 4.91. The van der Waals surface area contributed by atoms with Gasteiger partial charge in [0, 0.05) is 36.7 Å². The van der Waals surface area contributed by atoms with E-state index >= 15 is 0 Å². The second-order valence-electron chi connectivity index (χ2n) is 7.41. The number of nitrogens with zero attached hydrogens (tertiary/aromatic N) is 4. The first-order valence-corrected chi connectivity index (χ1v) is 11.5. The van der Waals surface area contributed by atoms with Crippen LogP contribution >= 0.6 is 11.3 Å². The zero-order valence-electron chi connectivity index (χ0n) is 17.7. The van der Waals surface area contributed by atoms with E-state index < -0.39 is 0 Å². The molecule has 0 radical (unpaired) electrons. The maximum atomic E-state index is 12.5. The fourth-order valence-corrected chi connectivity index (χ4v) is 4.11. The zero-order valence-corrected chi connectivity index (χ0v) is 18.5. The number of rotatable bonds is 8. The van der Waals surface area contributed by atoms with Gasteiger partial charge in [-0.2, -0.15) is 10.1 Å². The Morgan fingerprint density at radius 2 is 1.79 bits per heavy atom. The molecule has 0 bridgehead atoms. The van der Waals surface area contributed by atoms with Crippen molar-refractivity contribution in [3.05, 3.63) is 95.8 Å². The van der Waals surface area contributed by atoms with Crippen molar-refractivity contribution < 1.29 is 9.32 Å². The molecule has 0 aliphatic heterocycles. The molecule has 0 aliphatic rings. The summed E-state index contributed by atoms with van der Waals surface area (Å²) in [6.07, 6.45) is 2.61. The number of carbonyl (C=O) groups excluding carboxylic acids is 1. The molecule has 7 nitrogen and oxygen atoms in total. The number of hydrogen-bond acceptors (Lipinski definition) is 6. The third-order valence-corrected chi connectivity index (χ3v) is 5.98. The van der Waals surface area contributed by atoms with Crippen LogP contribution < -0.4 is 5.32 Å². The molecule has 3 aromatic heterocycles. The molecule has 33 heavy (non-hydrogen) atoms. The molecule has 0 spiro atoms. The Balaban J connectivity index is 1.26. The summed E-state index contributed by atoms with van der Waals surface area (Å²) in [6, 6.07) is 23.8. The number of nitrogens with one attached hydrogen (secondary N) is 1. The monoisotopic (exact) mass is 455 g/mol. The molecule has 8 heteroatoms. The molecule has 0 aliphatic carbocycles. The lowest BCUT2D eigenvalue weighted by atomic mass is 10.1. The summed E-state index contributed by atoms with van der Waals surface area (Å²) < 4.78 is 7.12. The standard InChI is InChI=1S/C25H21N5O2S/c31-22(13-14-23-27-25(29-32-23)21-12-7-15-33-21)26-16-19-17-30(20-10-5-2-6-11-20)28-24(19)18-8-3-1-4-9-18/h1-12,15,17H,13-14,16H2,(H,26,31). The lowest BCUT2D eigenvalue weighted by molar-refractivity contribution is -0.121. The SMILES string of the molecule is O=C(CCc1nc(-c2cccs2)no1)NCc1cn(-c2ccccc2)nc1-c1ccccc1. The number of para-hydroxylation sites is 1. The quantitative estimate of drug-likeness (QED) is 0.360. The van der Waals surface area contributed by atoms with Gasteiger partial charge < -0.3 is 9.84 Å². The number of aromatic nitrogens is 4. The van der Waals surface area contributed by atoms with Crippen molar-refractivity contribution in [2.45, 2.75) is 19.4 Å². The van der Waals surface area contributed by atoms with Gasteiger partial charge in [0.15, 0.2) is 0 Å². The molecule has 5 aromatic rings. The molecule has 3 heterocycles. The summed E-state index contributed by atoms with van der Waals surface area (Å²) in [5.74, 6) is 0.925. The maximum Gasteiger partial charge on any atom is 0.227 e. The molecule has 0 fully saturated rings. The van der Waals surface area contributed by atoms with Crippen molar-refractivity contribution in [3.8, 4) is 27.6 Å². The molecule has 5 rings (SSSR count). The highest BCUT2D eigenvalue weighted by molar-refractivity contribution is 7.13. The fraction of sp³-hybridized carbons (Fsp3) is 0.120. The number of thiophene rings is 1. The first kappa shape index (κ1) is 20.8. The van der Waals surface area contributed by atoms with E-state index in [0.29, 0.717) is 24.7 Å². The molecule has 0 saturated carbocycles. The largest absolute Gasteiger partial charge is 0.352 e. The smallest absolute Gasteiger partial charge is 0.227 e. The normalized spacial score (nSPS) is 10.9. The van der Waals surface area contributed by atoms with Gasteiger partial charge in [-0.3, -0.25) is 4.79 Å². The van der Waals surface area contributed by atoms with Gasteiger partial charge in [-0.25, -0.2) is 4.68 Å². The summed E-state index contributed by atoms with van der Waals surface area (Å²) in [5.41, 5.74) is 3.75. The highest BCUT2D eigenvalue weighted by Gasteiger charge is 2.15. The van der Waals surface area contributed by atoms with E-state index in [4.69, 9.17) is 9.62 Å². The number of aryl methyl sites for hydroxylation is 1. The van der Waals surface area contributed by atoms with Crippen molar-refractivity contribution >= 4 is 17.2 Å². The summed E-state index contributed by atoms with van der Waals surface area (Å²) >= 11 is 1.55. The minimum atomic E-state index is -0.0858. The highest BCUT2D eigenvalue weighted by Crippen LogP contribution is 2.24. The van der Waals surface area contributed by atoms with Crippen LogP contribution in [0.15, 0.2) is 88.9 Å². The van der Waals surface area contributed by atoms with Crippen molar-refractivity contribution in [2.75, 3.05) is 0 Å². The maximum absolute atomic E-state index is 12.5. The van der Waals surface area contributed by atoms with Crippen molar-refractivity contribution in [2.24, 2.45) is 0 Å².